The van der Waals surface area contributed by atoms with E-state index >= 15 is 0 Å². The summed E-state index contributed by atoms with van der Waals surface area (Å²) in [4.78, 5) is 13.1. The normalized spacial score (nSPS) is 21.8. The maximum absolute atomic E-state index is 11.5. The summed E-state index contributed by atoms with van der Waals surface area (Å²) in [6.45, 7) is 9.95. The lowest BCUT2D eigenvalue weighted by atomic mass is 10.2. The number of unbranched alkanes of at least 4 members (excludes halogenated alkanes) is 1. The van der Waals surface area contributed by atoms with E-state index in [9.17, 15) is 9.90 Å². The van der Waals surface area contributed by atoms with Crippen molar-refractivity contribution in [2.45, 2.75) is 64.9 Å². The third-order valence-electron chi connectivity index (χ3n) is 3.70. The molecule has 1 heterocycles. The number of likely N-dealkylation sites (tertiary alicyclic amines) is 1. The molecule has 1 fully saturated rings. The summed E-state index contributed by atoms with van der Waals surface area (Å²) in [5, 5.41) is 11.3. The Labute approximate surface area is 112 Å². The van der Waals surface area contributed by atoms with Crippen molar-refractivity contribution in [3.63, 3.8) is 0 Å². The smallest absolute Gasteiger partial charge is 0.224 e. The summed E-state index contributed by atoms with van der Waals surface area (Å²) in [7, 11) is -1.16. The largest absolute Gasteiger partial charge is 0.374 e. The number of nitrogens with zero attached hydrogens (tertiary/aromatic N) is 1. The van der Waals surface area contributed by atoms with Crippen LogP contribution < -0.4 is 0 Å². The highest BCUT2D eigenvalue weighted by Gasteiger charge is 2.28. The summed E-state index contributed by atoms with van der Waals surface area (Å²) in [6.07, 6.45) is 6.09. The van der Waals surface area contributed by atoms with Gasteiger partial charge in [-0.2, -0.15) is 0 Å². The lowest BCUT2D eigenvalue weighted by Gasteiger charge is -2.23. The molecule has 1 aliphatic rings. The van der Waals surface area contributed by atoms with Crippen molar-refractivity contribution < 1.29 is 9.90 Å². The molecule has 18 heavy (non-hydrogen) atoms. The van der Waals surface area contributed by atoms with Crippen LogP contribution in [-0.4, -0.2) is 36.8 Å². The number of carbonyl (C=O) groups excluding carboxylic acids is 1. The molecule has 0 radical (unpaired) electrons. The maximum atomic E-state index is 11.5. The van der Waals surface area contributed by atoms with Crippen molar-refractivity contribution >= 4 is 14.0 Å². The van der Waals surface area contributed by atoms with Gasteiger partial charge < -0.3 is 10.0 Å². The number of hydrogen-bond donors (Lipinski definition) is 1. The number of carbonyl (C=O) groups is 1. The van der Waals surface area contributed by atoms with Crippen LogP contribution in [0.1, 0.15) is 39.0 Å². The van der Waals surface area contributed by atoms with Gasteiger partial charge in [-0.3, -0.25) is 4.79 Å². The zero-order valence-electron chi connectivity index (χ0n) is 12.2. The van der Waals surface area contributed by atoms with Crippen LogP contribution in [0.3, 0.4) is 0 Å². The highest BCUT2D eigenvalue weighted by Crippen LogP contribution is 2.21. The van der Waals surface area contributed by atoms with Gasteiger partial charge >= 0.3 is 0 Å². The van der Waals surface area contributed by atoms with Gasteiger partial charge in [0, 0.05) is 19.4 Å². The molecule has 0 aromatic rings. The molecule has 0 aromatic carbocycles. The molecule has 104 valence electrons. The van der Waals surface area contributed by atoms with E-state index in [-0.39, 0.29) is 5.91 Å². The Morgan fingerprint density at radius 1 is 1.44 bits per heavy atom. The van der Waals surface area contributed by atoms with E-state index in [4.69, 9.17) is 0 Å². The standard InChI is InChI=1S/C14H27NO2Si/c1-5-12(18(2,3)4)8-6-7-11-15-13(16)9-10-14(15)17/h5,13,16H,6-11H2,1-4H3/b12-5+. The topological polar surface area (TPSA) is 40.5 Å². The Morgan fingerprint density at radius 2 is 2.11 bits per heavy atom. The second kappa shape index (κ2) is 6.52. The van der Waals surface area contributed by atoms with Gasteiger partial charge in [-0.1, -0.05) is 30.9 Å². The second-order valence-corrected chi connectivity index (χ2v) is 11.3. The Hall–Kier alpha value is -0.613. The molecule has 0 aliphatic carbocycles. The molecule has 1 saturated heterocycles. The van der Waals surface area contributed by atoms with Gasteiger partial charge in [0.15, 0.2) is 0 Å². The quantitative estimate of drug-likeness (QED) is 0.595. The molecule has 1 aliphatic heterocycles. The van der Waals surface area contributed by atoms with E-state index in [1.54, 1.807) is 10.1 Å². The summed E-state index contributed by atoms with van der Waals surface area (Å²) in [5.41, 5.74) is 0. The van der Waals surface area contributed by atoms with Crippen LogP contribution in [0.15, 0.2) is 11.3 Å². The molecule has 0 bridgehead atoms. The summed E-state index contributed by atoms with van der Waals surface area (Å²) in [6, 6.07) is 0. The maximum Gasteiger partial charge on any atom is 0.224 e. The zero-order valence-corrected chi connectivity index (χ0v) is 13.2. The van der Waals surface area contributed by atoms with Crippen molar-refractivity contribution in [2.75, 3.05) is 6.54 Å². The van der Waals surface area contributed by atoms with Crippen LogP contribution >= 0.6 is 0 Å². The van der Waals surface area contributed by atoms with Crippen LogP contribution in [0.5, 0.6) is 0 Å². The minimum absolute atomic E-state index is 0.110. The molecule has 0 spiro atoms. The lowest BCUT2D eigenvalue weighted by Crippen LogP contribution is -2.33. The fourth-order valence-electron chi connectivity index (χ4n) is 2.54. The molecular formula is C14H27NO2Si. The molecule has 1 rings (SSSR count). The average Bonchev–Trinajstić information content (AvgIpc) is 2.58. The minimum atomic E-state index is -1.16. The van der Waals surface area contributed by atoms with E-state index in [0.717, 1.165) is 19.3 Å². The number of allylic oxidation sites excluding steroid dienone is 2. The summed E-state index contributed by atoms with van der Waals surface area (Å²) < 4.78 is 0. The van der Waals surface area contributed by atoms with Crippen LogP contribution in [-0.2, 0) is 4.79 Å². The molecule has 3 nitrogen and oxygen atoms in total. The van der Waals surface area contributed by atoms with Crippen molar-refractivity contribution in [3.8, 4) is 0 Å². The third kappa shape index (κ3) is 4.25. The van der Waals surface area contributed by atoms with Crippen molar-refractivity contribution in [1.29, 1.82) is 0 Å². The Morgan fingerprint density at radius 3 is 2.56 bits per heavy atom. The molecule has 1 atom stereocenters. The van der Waals surface area contributed by atoms with E-state index < -0.39 is 14.3 Å². The Bertz CT molecular complexity index is 320. The minimum Gasteiger partial charge on any atom is -0.374 e. The van der Waals surface area contributed by atoms with Gasteiger partial charge in [0.25, 0.3) is 0 Å². The predicted octanol–water partition coefficient (Wildman–Crippen LogP) is 2.92. The van der Waals surface area contributed by atoms with Gasteiger partial charge in [-0.25, -0.2) is 0 Å². The number of hydrogen-bond acceptors (Lipinski definition) is 2. The first-order valence-corrected chi connectivity index (χ1v) is 10.5. The highest BCUT2D eigenvalue weighted by atomic mass is 28.3. The lowest BCUT2D eigenvalue weighted by molar-refractivity contribution is -0.133. The van der Waals surface area contributed by atoms with Gasteiger partial charge in [0.1, 0.15) is 6.23 Å². The van der Waals surface area contributed by atoms with E-state index in [2.05, 4.69) is 32.6 Å². The van der Waals surface area contributed by atoms with E-state index in [1.165, 1.54) is 0 Å². The number of amides is 1. The number of aliphatic hydroxyl groups excluding tert-OH is 1. The van der Waals surface area contributed by atoms with Crippen LogP contribution in [0, 0.1) is 0 Å². The fraction of sp³-hybridized carbons (Fsp3) is 0.786. The highest BCUT2D eigenvalue weighted by molar-refractivity contribution is 6.83. The zero-order chi connectivity index (χ0) is 13.8. The SMILES string of the molecule is C/C=C(\CCCCN1C(=O)CCC1O)[Si](C)(C)C. The number of rotatable bonds is 6. The summed E-state index contributed by atoms with van der Waals surface area (Å²) in [5.74, 6) is 0.110. The molecule has 0 saturated carbocycles. The predicted molar refractivity (Wildman–Crippen MR) is 77.9 cm³/mol. The second-order valence-electron chi connectivity index (χ2n) is 6.13. The first kappa shape index (κ1) is 15.4. The molecule has 1 unspecified atom stereocenters. The van der Waals surface area contributed by atoms with Crippen LogP contribution in [0.25, 0.3) is 0 Å². The first-order valence-electron chi connectivity index (χ1n) is 6.99. The van der Waals surface area contributed by atoms with Gasteiger partial charge in [0.2, 0.25) is 5.91 Å². The number of aliphatic hydroxyl groups is 1. The van der Waals surface area contributed by atoms with E-state index in [1.807, 2.05) is 0 Å². The van der Waals surface area contributed by atoms with Crippen molar-refractivity contribution in [1.82, 2.24) is 4.90 Å². The van der Waals surface area contributed by atoms with Crippen molar-refractivity contribution in [2.24, 2.45) is 0 Å². The van der Waals surface area contributed by atoms with Crippen molar-refractivity contribution in [3.05, 3.63) is 11.3 Å². The molecule has 1 N–H and O–H groups in total. The first-order chi connectivity index (χ1) is 8.36. The summed E-state index contributed by atoms with van der Waals surface area (Å²) >= 11 is 0. The fourth-order valence-corrected chi connectivity index (χ4v) is 4.33. The Kier molecular flexibility index (Phi) is 5.60. The van der Waals surface area contributed by atoms with Gasteiger partial charge in [-0.15, -0.1) is 0 Å². The Balaban J connectivity index is 2.29. The van der Waals surface area contributed by atoms with Gasteiger partial charge in [0.05, 0.1) is 8.07 Å². The van der Waals surface area contributed by atoms with Gasteiger partial charge in [-0.05, 0) is 26.2 Å². The van der Waals surface area contributed by atoms with Crippen LogP contribution in [0.4, 0.5) is 0 Å². The molecule has 1 amide bonds. The average molecular weight is 269 g/mol. The molecule has 4 heteroatoms. The molecular weight excluding hydrogens is 242 g/mol. The third-order valence-corrected chi connectivity index (χ3v) is 6.17. The molecule has 0 aromatic heterocycles. The monoisotopic (exact) mass is 269 g/mol. The van der Waals surface area contributed by atoms with E-state index in [0.29, 0.717) is 19.4 Å². The van der Waals surface area contributed by atoms with Crippen LogP contribution in [0.2, 0.25) is 19.6 Å².